The van der Waals surface area contributed by atoms with Crippen LogP contribution in [0.1, 0.15) is 16.1 Å². The van der Waals surface area contributed by atoms with Crippen molar-refractivity contribution in [3.63, 3.8) is 0 Å². The molecule has 1 heterocycles. The van der Waals surface area contributed by atoms with Crippen molar-refractivity contribution in [2.75, 3.05) is 7.11 Å². The molecule has 88 valence electrons. The molecule has 0 fully saturated rings. The molecule has 0 bridgehead atoms. The topological polar surface area (TPSA) is 44.1 Å². The highest BCUT2D eigenvalue weighted by atomic mass is 79.9. The zero-order valence-corrected chi connectivity index (χ0v) is 10.8. The number of hydrogen-bond donors (Lipinski definition) is 0. The summed E-state index contributed by atoms with van der Waals surface area (Å²) in [4.78, 5) is 15.2. The number of nitrogens with zero attached hydrogens (tertiary/aromatic N) is 2. The van der Waals surface area contributed by atoms with Crippen LogP contribution in [-0.2, 0) is 11.3 Å². The van der Waals surface area contributed by atoms with Gasteiger partial charge in [0.05, 0.1) is 13.4 Å². The van der Waals surface area contributed by atoms with E-state index in [-0.39, 0.29) is 0 Å². The number of benzene rings is 1. The van der Waals surface area contributed by atoms with Crippen LogP contribution < -0.4 is 0 Å². The number of esters is 1. The van der Waals surface area contributed by atoms with Crippen molar-refractivity contribution < 1.29 is 9.53 Å². The summed E-state index contributed by atoms with van der Waals surface area (Å²) < 4.78 is 7.47. The van der Waals surface area contributed by atoms with Crippen LogP contribution in [-0.4, -0.2) is 22.6 Å². The summed E-state index contributed by atoms with van der Waals surface area (Å²) in [5, 5.41) is 0. The Morgan fingerprint density at radius 2 is 2.35 bits per heavy atom. The molecule has 0 N–H and O–H groups in total. The Morgan fingerprint density at radius 1 is 1.53 bits per heavy atom. The molecular formula is C12H11BrN2O2. The zero-order valence-electron chi connectivity index (χ0n) is 9.26. The minimum atomic E-state index is -0.419. The van der Waals surface area contributed by atoms with E-state index in [2.05, 4.69) is 25.7 Å². The Balaban J connectivity index is 2.14. The molecule has 0 aliphatic carbocycles. The number of ether oxygens (including phenoxy) is 1. The fourth-order valence-corrected chi connectivity index (χ4v) is 1.95. The van der Waals surface area contributed by atoms with Crippen molar-refractivity contribution >= 4 is 21.9 Å². The van der Waals surface area contributed by atoms with Gasteiger partial charge in [0.1, 0.15) is 0 Å². The molecule has 17 heavy (non-hydrogen) atoms. The molecule has 0 aliphatic heterocycles. The second-order valence-electron chi connectivity index (χ2n) is 3.55. The van der Waals surface area contributed by atoms with Crippen molar-refractivity contribution in [3.05, 3.63) is 52.5 Å². The molecule has 1 aromatic heterocycles. The first-order valence-corrected chi connectivity index (χ1v) is 5.83. The first-order valence-electron chi connectivity index (χ1n) is 5.03. The van der Waals surface area contributed by atoms with Gasteiger partial charge in [-0.3, -0.25) is 0 Å². The van der Waals surface area contributed by atoms with Crippen molar-refractivity contribution in [2.24, 2.45) is 0 Å². The number of halogens is 1. The minimum absolute atomic E-state index is 0.322. The average molecular weight is 295 g/mol. The minimum Gasteiger partial charge on any atom is -0.464 e. The lowest BCUT2D eigenvalue weighted by atomic mass is 10.2. The Morgan fingerprint density at radius 3 is 3.06 bits per heavy atom. The fourth-order valence-electron chi connectivity index (χ4n) is 1.50. The maximum Gasteiger partial charge on any atom is 0.358 e. The first-order chi connectivity index (χ1) is 8.19. The lowest BCUT2D eigenvalue weighted by Gasteiger charge is -2.02. The van der Waals surface area contributed by atoms with Gasteiger partial charge in [0.25, 0.3) is 0 Å². The summed E-state index contributed by atoms with van der Waals surface area (Å²) >= 11 is 3.42. The number of aromatic nitrogens is 2. The van der Waals surface area contributed by atoms with E-state index in [1.165, 1.54) is 7.11 Å². The van der Waals surface area contributed by atoms with Crippen LogP contribution in [0.4, 0.5) is 0 Å². The second kappa shape index (κ2) is 5.14. The summed E-state index contributed by atoms with van der Waals surface area (Å²) in [6, 6.07) is 7.98. The number of carbonyl (C=O) groups is 1. The number of carbonyl (C=O) groups excluding carboxylic acids is 1. The third kappa shape index (κ3) is 2.94. The van der Waals surface area contributed by atoms with Crippen LogP contribution >= 0.6 is 15.9 Å². The van der Waals surface area contributed by atoms with Gasteiger partial charge in [-0.15, -0.1) is 0 Å². The molecule has 0 aliphatic rings. The van der Waals surface area contributed by atoms with E-state index in [0.717, 1.165) is 10.0 Å². The summed E-state index contributed by atoms with van der Waals surface area (Å²) in [6.45, 7) is 0.670. The van der Waals surface area contributed by atoms with E-state index < -0.39 is 5.97 Å². The predicted molar refractivity (Wildman–Crippen MR) is 66.8 cm³/mol. The van der Waals surface area contributed by atoms with Crippen molar-refractivity contribution in [1.29, 1.82) is 0 Å². The monoisotopic (exact) mass is 294 g/mol. The lowest BCUT2D eigenvalue weighted by Crippen LogP contribution is -2.01. The highest BCUT2D eigenvalue weighted by Gasteiger charge is 2.08. The third-order valence-corrected chi connectivity index (χ3v) is 2.78. The molecule has 5 heteroatoms. The Labute approximate surface area is 107 Å². The average Bonchev–Trinajstić information content (AvgIpc) is 2.76. The van der Waals surface area contributed by atoms with Crippen LogP contribution in [0.2, 0.25) is 0 Å². The van der Waals surface area contributed by atoms with E-state index in [4.69, 9.17) is 0 Å². The molecular weight excluding hydrogens is 284 g/mol. The molecule has 4 nitrogen and oxygen atoms in total. The van der Waals surface area contributed by atoms with E-state index in [1.54, 1.807) is 12.5 Å². The van der Waals surface area contributed by atoms with E-state index in [9.17, 15) is 4.79 Å². The van der Waals surface area contributed by atoms with Crippen molar-refractivity contribution in [3.8, 4) is 0 Å². The van der Waals surface area contributed by atoms with Gasteiger partial charge in [0, 0.05) is 17.2 Å². The number of rotatable bonds is 3. The van der Waals surface area contributed by atoms with Crippen LogP contribution in [0.25, 0.3) is 0 Å². The van der Waals surface area contributed by atoms with Crippen LogP contribution in [0, 0.1) is 0 Å². The molecule has 2 rings (SSSR count). The summed E-state index contributed by atoms with van der Waals surface area (Å²) in [7, 11) is 1.34. The normalized spacial score (nSPS) is 10.2. The number of imidazole rings is 1. The summed E-state index contributed by atoms with van der Waals surface area (Å²) in [6.07, 6.45) is 3.29. The van der Waals surface area contributed by atoms with Gasteiger partial charge in [0.15, 0.2) is 5.69 Å². The predicted octanol–water partition coefficient (Wildman–Crippen LogP) is 2.48. The van der Waals surface area contributed by atoms with Crippen molar-refractivity contribution in [1.82, 2.24) is 9.55 Å². The first kappa shape index (κ1) is 11.9. The van der Waals surface area contributed by atoms with Gasteiger partial charge in [-0.1, -0.05) is 28.1 Å². The quantitative estimate of drug-likeness (QED) is 0.817. The molecule has 0 unspecified atom stereocenters. The van der Waals surface area contributed by atoms with Gasteiger partial charge < -0.3 is 9.30 Å². The summed E-state index contributed by atoms with van der Waals surface area (Å²) in [5.41, 5.74) is 1.45. The van der Waals surface area contributed by atoms with Gasteiger partial charge in [-0.2, -0.15) is 0 Å². The largest absolute Gasteiger partial charge is 0.464 e. The number of methoxy groups -OCH3 is 1. The van der Waals surface area contributed by atoms with Crippen molar-refractivity contribution in [2.45, 2.75) is 6.54 Å². The second-order valence-corrected chi connectivity index (χ2v) is 4.47. The third-order valence-electron chi connectivity index (χ3n) is 2.28. The Hall–Kier alpha value is -1.62. The molecule has 1 aromatic carbocycles. The molecule has 0 amide bonds. The summed E-state index contributed by atoms with van der Waals surface area (Å²) in [5.74, 6) is -0.419. The van der Waals surface area contributed by atoms with Crippen LogP contribution in [0.5, 0.6) is 0 Å². The molecule has 2 aromatic rings. The highest BCUT2D eigenvalue weighted by molar-refractivity contribution is 9.10. The highest BCUT2D eigenvalue weighted by Crippen LogP contribution is 2.13. The molecule has 0 saturated heterocycles. The SMILES string of the molecule is COC(=O)c1cn(Cc2cccc(Br)c2)cn1. The fraction of sp³-hybridized carbons (Fsp3) is 0.167. The van der Waals surface area contributed by atoms with Crippen LogP contribution in [0.15, 0.2) is 41.3 Å². The maximum absolute atomic E-state index is 11.2. The van der Waals surface area contributed by atoms with E-state index in [1.807, 2.05) is 28.8 Å². The van der Waals surface area contributed by atoms with Crippen LogP contribution in [0.3, 0.4) is 0 Å². The Bertz CT molecular complexity index is 537. The molecule has 0 saturated carbocycles. The number of hydrogen-bond acceptors (Lipinski definition) is 3. The van der Waals surface area contributed by atoms with Gasteiger partial charge >= 0.3 is 5.97 Å². The Kier molecular flexibility index (Phi) is 3.58. The standard InChI is InChI=1S/C12H11BrN2O2/c1-17-12(16)11-7-15(8-14-11)6-9-3-2-4-10(13)5-9/h2-5,7-8H,6H2,1H3. The van der Waals surface area contributed by atoms with Gasteiger partial charge in [0.2, 0.25) is 0 Å². The lowest BCUT2D eigenvalue weighted by molar-refractivity contribution is 0.0594. The smallest absolute Gasteiger partial charge is 0.358 e. The van der Waals surface area contributed by atoms with Gasteiger partial charge in [-0.05, 0) is 17.7 Å². The van der Waals surface area contributed by atoms with E-state index in [0.29, 0.717) is 12.2 Å². The zero-order chi connectivity index (χ0) is 12.3. The molecule has 0 atom stereocenters. The molecule has 0 radical (unpaired) electrons. The van der Waals surface area contributed by atoms with Gasteiger partial charge in [-0.25, -0.2) is 9.78 Å². The van der Waals surface area contributed by atoms with E-state index >= 15 is 0 Å². The molecule has 0 spiro atoms. The maximum atomic E-state index is 11.2.